The molecule has 5 nitrogen and oxygen atoms in total. The van der Waals surface area contributed by atoms with Crippen molar-refractivity contribution >= 4 is 27.4 Å². The van der Waals surface area contributed by atoms with Gasteiger partial charge in [-0.2, -0.15) is 0 Å². The minimum atomic E-state index is -0.189. The average molecular weight is 295 g/mol. The van der Waals surface area contributed by atoms with E-state index in [1.165, 1.54) is 4.68 Å². The Hall–Kier alpha value is -1.69. The zero-order valence-electron chi connectivity index (χ0n) is 9.44. The molecule has 1 aromatic carbocycles. The van der Waals surface area contributed by atoms with E-state index in [1.54, 1.807) is 19.2 Å². The van der Waals surface area contributed by atoms with Crippen molar-refractivity contribution in [3.05, 3.63) is 39.6 Å². The van der Waals surface area contributed by atoms with Gasteiger partial charge in [0.15, 0.2) is 4.60 Å². The molecule has 2 aromatic rings. The number of nitrogens with two attached hydrogens (primary N) is 1. The van der Waals surface area contributed by atoms with Gasteiger partial charge >= 0.3 is 0 Å². The van der Waals surface area contributed by atoms with Gasteiger partial charge in [-0.15, -0.1) is 5.10 Å². The van der Waals surface area contributed by atoms with Crippen LogP contribution in [0.5, 0.6) is 0 Å². The van der Waals surface area contributed by atoms with Crippen LogP contribution in [0.2, 0.25) is 0 Å². The first-order valence-electron chi connectivity index (χ1n) is 4.96. The Balaban J connectivity index is 2.55. The van der Waals surface area contributed by atoms with Crippen LogP contribution >= 0.6 is 15.9 Å². The Kier molecular flexibility index (Phi) is 2.97. The van der Waals surface area contributed by atoms with Crippen molar-refractivity contribution in [2.45, 2.75) is 6.92 Å². The number of aryl methyl sites for hydroxylation is 2. The van der Waals surface area contributed by atoms with Crippen LogP contribution in [0.1, 0.15) is 21.6 Å². The molecule has 0 aliphatic rings. The van der Waals surface area contributed by atoms with Crippen LogP contribution in [0, 0.1) is 6.92 Å². The fraction of sp³-hybridized carbons (Fsp3) is 0.182. The van der Waals surface area contributed by atoms with Gasteiger partial charge in [0.1, 0.15) is 5.69 Å². The Morgan fingerprint density at radius 2 is 2.18 bits per heavy atom. The third kappa shape index (κ3) is 2.08. The zero-order chi connectivity index (χ0) is 12.6. The second-order valence-corrected chi connectivity index (χ2v) is 4.52. The molecule has 0 aliphatic heterocycles. The highest BCUT2D eigenvalue weighted by Crippen LogP contribution is 2.21. The van der Waals surface area contributed by atoms with E-state index in [0.717, 1.165) is 5.56 Å². The van der Waals surface area contributed by atoms with Gasteiger partial charge in [0, 0.05) is 18.3 Å². The van der Waals surface area contributed by atoms with Crippen LogP contribution in [-0.2, 0) is 7.05 Å². The van der Waals surface area contributed by atoms with Gasteiger partial charge in [-0.3, -0.25) is 4.79 Å². The minimum Gasteiger partial charge on any atom is -0.398 e. The highest BCUT2D eigenvalue weighted by Gasteiger charge is 2.20. The van der Waals surface area contributed by atoms with Gasteiger partial charge in [0.05, 0.1) is 0 Å². The van der Waals surface area contributed by atoms with E-state index in [1.807, 2.05) is 13.0 Å². The van der Waals surface area contributed by atoms with Gasteiger partial charge in [-0.05, 0) is 35.0 Å². The first-order chi connectivity index (χ1) is 8.00. The van der Waals surface area contributed by atoms with Crippen molar-refractivity contribution in [1.29, 1.82) is 0 Å². The molecule has 0 spiro atoms. The molecule has 0 aliphatic carbocycles. The van der Waals surface area contributed by atoms with Gasteiger partial charge < -0.3 is 5.73 Å². The van der Waals surface area contributed by atoms with Gasteiger partial charge in [-0.25, -0.2) is 4.68 Å². The number of rotatable bonds is 2. The van der Waals surface area contributed by atoms with E-state index >= 15 is 0 Å². The van der Waals surface area contributed by atoms with Crippen molar-refractivity contribution in [2.75, 3.05) is 5.73 Å². The molecule has 0 saturated heterocycles. The standard InChI is InChI=1S/C11H11BrN4O/c1-6-3-4-8(13)7(5-6)10(17)9-11(12)14-15-16(9)2/h3-5H,13H2,1-2H3. The Morgan fingerprint density at radius 3 is 2.76 bits per heavy atom. The molecule has 2 N–H and O–H groups in total. The van der Waals surface area contributed by atoms with E-state index in [9.17, 15) is 4.79 Å². The molecule has 1 aromatic heterocycles. The molecular formula is C11H11BrN4O. The summed E-state index contributed by atoms with van der Waals surface area (Å²) in [6.45, 7) is 1.91. The van der Waals surface area contributed by atoms with E-state index in [-0.39, 0.29) is 5.78 Å². The lowest BCUT2D eigenvalue weighted by Crippen LogP contribution is -2.11. The Labute approximate surface area is 107 Å². The molecule has 0 fully saturated rings. The minimum absolute atomic E-state index is 0.189. The van der Waals surface area contributed by atoms with E-state index in [0.29, 0.717) is 21.5 Å². The number of hydrogen-bond acceptors (Lipinski definition) is 4. The summed E-state index contributed by atoms with van der Waals surface area (Å²) < 4.78 is 1.85. The van der Waals surface area contributed by atoms with Crippen molar-refractivity contribution < 1.29 is 4.79 Å². The lowest BCUT2D eigenvalue weighted by atomic mass is 10.0. The smallest absolute Gasteiger partial charge is 0.215 e. The number of hydrogen-bond donors (Lipinski definition) is 1. The fourth-order valence-corrected chi connectivity index (χ4v) is 2.07. The summed E-state index contributed by atoms with van der Waals surface area (Å²) in [6, 6.07) is 5.35. The largest absolute Gasteiger partial charge is 0.398 e. The van der Waals surface area contributed by atoms with Crippen LogP contribution in [0.4, 0.5) is 5.69 Å². The first kappa shape index (κ1) is 11.8. The molecule has 0 bridgehead atoms. The first-order valence-corrected chi connectivity index (χ1v) is 5.76. The number of carbonyl (C=O) groups excluding carboxylic acids is 1. The quantitative estimate of drug-likeness (QED) is 0.676. The van der Waals surface area contributed by atoms with Gasteiger partial charge in [-0.1, -0.05) is 16.8 Å². The second kappa shape index (κ2) is 4.29. The molecule has 88 valence electrons. The summed E-state index contributed by atoms with van der Waals surface area (Å²) in [5, 5.41) is 7.56. The molecule has 0 amide bonds. The van der Waals surface area contributed by atoms with E-state index < -0.39 is 0 Å². The van der Waals surface area contributed by atoms with E-state index in [2.05, 4.69) is 26.2 Å². The summed E-state index contributed by atoms with van der Waals surface area (Å²) in [5.74, 6) is -0.189. The maximum atomic E-state index is 12.3. The third-order valence-electron chi connectivity index (χ3n) is 2.45. The van der Waals surface area contributed by atoms with Gasteiger partial charge in [0.25, 0.3) is 0 Å². The topological polar surface area (TPSA) is 73.8 Å². The number of anilines is 1. The lowest BCUT2D eigenvalue weighted by Gasteiger charge is -2.06. The maximum absolute atomic E-state index is 12.3. The van der Waals surface area contributed by atoms with Crippen molar-refractivity contribution in [1.82, 2.24) is 15.0 Å². The molecule has 0 unspecified atom stereocenters. The number of aromatic nitrogens is 3. The number of carbonyl (C=O) groups is 1. The van der Waals surface area contributed by atoms with Crippen molar-refractivity contribution in [3.8, 4) is 0 Å². The molecule has 17 heavy (non-hydrogen) atoms. The second-order valence-electron chi connectivity index (χ2n) is 3.77. The summed E-state index contributed by atoms with van der Waals surface area (Å²) >= 11 is 3.20. The number of halogens is 1. The van der Waals surface area contributed by atoms with Crippen LogP contribution in [-0.4, -0.2) is 20.8 Å². The highest BCUT2D eigenvalue weighted by atomic mass is 79.9. The normalized spacial score (nSPS) is 10.5. The molecule has 0 atom stereocenters. The van der Waals surface area contributed by atoms with E-state index in [4.69, 9.17) is 5.73 Å². The van der Waals surface area contributed by atoms with Crippen LogP contribution < -0.4 is 5.73 Å². The van der Waals surface area contributed by atoms with Crippen LogP contribution in [0.25, 0.3) is 0 Å². The molecule has 0 radical (unpaired) electrons. The molecule has 6 heteroatoms. The number of ketones is 1. The average Bonchev–Trinajstić information content (AvgIpc) is 2.61. The maximum Gasteiger partial charge on any atom is 0.215 e. The predicted octanol–water partition coefficient (Wildman–Crippen LogP) is 1.70. The predicted molar refractivity (Wildman–Crippen MR) is 67.7 cm³/mol. The zero-order valence-corrected chi connectivity index (χ0v) is 11.0. The monoisotopic (exact) mass is 294 g/mol. The molecule has 1 heterocycles. The summed E-state index contributed by atoms with van der Waals surface area (Å²) in [7, 11) is 1.66. The number of nitrogen functional groups attached to an aromatic ring is 1. The number of benzene rings is 1. The molecular weight excluding hydrogens is 284 g/mol. The lowest BCUT2D eigenvalue weighted by molar-refractivity contribution is 0.103. The fourth-order valence-electron chi connectivity index (χ4n) is 1.57. The van der Waals surface area contributed by atoms with Crippen molar-refractivity contribution in [2.24, 2.45) is 7.05 Å². The van der Waals surface area contributed by atoms with Crippen molar-refractivity contribution in [3.63, 3.8) is 0 Å². The molecule has 2 rings (SSSR count). The highest BCUT2D eigenvalue weighted by molar-refractivity contribution is 9.10. The van der Waals surface area contributed by atoms with Crippen LogP contribution in [0.3, 0.4) is 0 Å². The number of nitrogens with zero attached hydrogens (tertiary/aromatic N) is 3. The third-order valence-corrected chi connectivity index (χ3v) is 2.99. The SMILES string of the molecule is Cc1ccc(N)c(C(=O)c2c(Br)nnn2C)c1. The Bertz CT molecular complexity index is 572. The summed E-state index contributed by atoms with van der Waals surface area (Å²) in [6.07, 6.45) is 0. The van der Waals surface area contributed by atoms with Crippen LogP contribution in [0.15, 0.2) is 22.8 Å². The molecule has 0 saturated carbocycles. The Morgan fingerprint density at radius 1 is 1.47 bits per heavy atom. The van der Waals surface area contributed by atoms with Gasteiger partial charge in [0.2, 0.25) is 5.78 Å². The summed E-state index contributed by atoms with van der Waals surface area (Å²) in [4.78, 5) is 12.3. The summed E-state index contributed by atoms with van der Waals surface area (Å²) in [5.41, 5.74) is 8.10.